The molecule has 5 rings (SSSR count). The van der Waals surface area contributed by atoms with Crippen molar-refractivity contribution in [2.45, 2.75) is 17.7 Å². The molecular formula is C29H27N3O9. The van der Waals surface area contributed by atoms with Crippen molar-refractivity contribution < 1.29 is 44.7 Å². The molecule has 12 nitrogen and oxygen atoms in total. The normalized spacial score (nSPS) is 28.5. The van der Waals surface area contributed by atoms with E-state index >= 15 is 0 Å². The van der Waals surface area contributed by atoms with Crippen molar-refractivity contribution in [2.75, 3.05) is 14.1 Å². The van der Waals surface area contributed by atoms with Crippen LogP contribution in [0.1, 0.15) is 27.0 Å². The Morgan fingerprint density at radius 3 is 2.27 bits per heavy atom. The van der Waals surface area contributed by atoms with Crippen LogP contribution in [-0.2, 0) is 14.4 Å². The van der Waals surface area contributed by atoms with Crippen molar-refractivity contribution in [2.24, 2.45) is 23.3 Å². The van der Waals surface area contributed by atoms with Crippen molar-refractivity contribution in [3.63, 3.8) is 0 Å². The summed E-state index contributed by atoms with van der Waals surface area (Å²) in [4.78, 5) is 52.8. The quantitative estimate of drug-likeness (QED) is 0.248. The minimum Gasteiger partial charge on any atom is -0.508 e. The molecule has 9 N–H and O–H groups in total. The molecule has 1 fully saturated rings. The van der Waals surface area contributed by atoms with E-state index in [9.17, 15) is 44.7 Å². The number of nitrogens with zero attached hydrogens (tertiary/aromatic N) is 1. The molecule has 5 atom stereocenters. The molecule has 3 aliphatic rings. The first-order valence-electron chi connectivity index (χ1n) is 12.5. The van der Waals surface area contributed by atoms with Gasteiger partial charge < -0.3 is 37.0 Å². The number of amides is 2. The zero-order chi connectivity index (χ0) is 30.1. The van der Waals surface area contributed by atoms with Crippen LogP contribution < -0.4 is 11.5 Å². The zero-order valence-corrected chi connectivity index (χ0v) is 21.9. The lowest BCUT2D eigenvalue weighted by Crippen LogP contribution is -2.70. The first-order chi connectivity index (χ1) is 19.2. The highest BCUT2D eigenvalue weighted by atomic mass is 16.4. The number of ketones is 2. The fourth-order valence-corrected chi connectivity index (χ4v) is 6.27. The fraction of sp³-hybridized carbons (Fsp3) is 0.241. The van der Waals surface area contributed by atoms with Crippen molar-refractivity contribution in [3.8, 4) is 5.75 Å². The number of hydrogen-bond acceptors (Lipinski definition) is 10. The summed E-state index contributed by atoms with van der Waals surface area (Å²) in [5.41, 5.74) is 6.97. The second-order valence-corrected chi connectivity index (χ2v) is 10.5. The van der Waals surface area contributed by atoms with E-state index < -0.39 is 81.4 Å². The van der Waals surface area contributed by atoms with Crippen molar-refractivity contribution in [3.05, 3.63) is 81.6 Å². The summed E-state index contributed by atoms with van der Waals surface area (Å²) in [5, 5.41) is 56.8. The predicted molar refractivity (Wildman–Crippen MR) is 145 cm³/mol. The molecule has 3 aliphatic carbocycles. The number of aromatic hydroxyl groups is 1. The van der Waals surface area contributed by atoms with Gasteiger partial charge in [-0.25, -0.2) is 0 Å². The maximum Gasteiger partial charge on any atom is 0.255 e. The molecule has 0 heterocycles. The highest BCUT2D eigenvalue weighted by Crippen LogP contribution is 2.56. The van der Waals surface area contributed by atoms with Crippen LogP contribution in [-0.4, -0.2) is 85.7 Å². The molecule has 0 spiro atoms. The summed E-state index contributed by atoms with van der Waals surface area (Å²) in [6, 6.07) is 8.90. The van der Waals surface area contributed by atoms with Gasteiger partial charge in [0.25, 0.3) is 5.91 Å². The van der Waals surface area contributed by atoms with Crippen LogP contribution in [0.4, 0.5) is 0 Å². The molecular weight excluding hydrogens is 534 g/mol. The number of phenolic OH excluding ortho intramolecular Hbond substituents is 1. The molecule has 212 valence electrons. The van der Waals surface area contributed by atoms with E-state index in [4.69, 9.17) is 11.5 Å². The molecule has 41 heavy (non-hydrogen) atoms. The number of fused-ring (bicyclic) bond motifs is 3. The number of aliphatic hydroxyl groups is 4. The Hall–Kier alpha value is -4.78. The number of primary amides is 2. The van der Waals surface area contributed by atoms with Crippen LogP contribution in [0.3, 0.4) is 0 Å². The predicted octanol–water partition coefficient (Wildman–Crippen LogP) is 0.0318. The number of hydrogen-bond donors (Lipinski definition) is 7. The van der Waals surface area contributed by atoms with E-state index in [1.807, 2.05) is 0 Å². The largest absolute Gasteiger partial charge is 0.508 e. The summed E-state index contributed by atoms with van der Waals surface area (Å²) in [6.45, 7) is 0. The summed E-state index contributed by atoms with van der Waals surface area (Å²) in [7, 11) is 2.84. The van der Waals surface area contributed by atoms with Gasteiger partial charge in [0.2, 0.25) is 11.7 Å². The Labute approximate surface area is 233 Å². The van der Waals surface area contributed by atoms with Gasteiger partial charge in [-0.05, 0) is 49.0 Å². The van der Waals surface area contributed by atoms with Gasteiger partial charge in [-0.2, -0.15) is 0 Å². The lowest BCUT2D eigenvalue weighted by molar-refractivity contribution is -0.166. The van der Waals surface area contributed by atoms with Gasteiger partial charge in [-0.15, -0.1) is 0 Å². The number of nitrogens with two attached hydrogens (primary N) is 2. The number of Topliss-reactive ketones (excluding diaryl/α,β-unsaturated/α-hetero) is 2. The van der Waals surface area contributed by atoms with E-state index in [-0.39, 0.29) is 22.3 Å². The van der Waals surface area contributed by atoms with E-state index in [1.54, 1.807) is 12.1 Å². The lowest BCUT2D eigenvalue weighted by atomic mass is 9.55. The van der Waals surface area contributed by atoms with Gasteiger partial charge in [0.1, 0.15) is 22.8 Å². The minimum absolute atomic E-state index is 0.166. The Morgan fingerprint density at radius 1 is 1.00 bits per heavy atom. The second kappa shape index (κ2) is 9.41. The van der Waals surface area contributed by atoms with Crippen molar-refractivity contribution in [1.29, 1.82) is 0 Å². The van der Waals surface area contributed by atoms with Crippen LogP contribution in [0.5, 0.6) is 5.75 Å². The molecule has 0 saturated heterocycles. The minimum atomic E-state index is -3.04. The first kappa shape index (κ1) is 27.8. The monoisotopic (exact) mass is 561 g/mol. The Bertz CT molecular complexity index is 1650. The smallest absolute Gasteiger partial charge is 0.255 e. The molecule has 12 heteroatoms. The Morgan fingerprint density at radius 2 is 1.66 bits per heavy atom. The Kier molecular flexibility index (Phi) is 6.37. The summed E-state index contributed by atoms with van der Waals surface area (Å²) in [6.07, 6.45) is -0.299. The molecule has 0 aromatic heterocycles. The molecule has 2 aromatic rings. The van der Waals surface area contributed by atoms with Gasteiger partial charge in [0, 0.05) is 11.5 Å². The number of likely N-dealkylation sites (N-methyl/N-ethyl adjacent to an activating group) is 1. The van der Waals surface area contributed by atoms with E-state index in [0.29, 0.717) is 5.56 Å². The molecule has 2 amide bonds. The van der Waals surface area contributed by atoms with Gasteiger partial charge >= 0.3 is 0 Å². The first-order valence-corrected chi connectivity index (χ1v) is 12.5. The third kappa shape index (κ3) is 3.79. The van der Waals surface area contributed by atoms with Crippen LogP contribution >= 0.6 is 0 Å². The highest BCUT2D eigenvalue weighted by Gasteiger charge is 2.68. The topological polar surface area (TPSA) is 225 Å². The van der Waals surface area contributed by atoms with Crippen LogP contribution in [0.15, 0.2) is 59.4 Å². The van der Waals surface area contributed by atoms with Gasteiger partial charge in [0.05, 0.1) is 29.2 Å². The summed E-state index contributed by atoms with van der Waals surface area (Å²) in [5.74, 6) is -10.0. The summed E-state index contributed by atoms with van der Waals surface area (Å²) >= 11 is 0. The SMILES string of the molecule is CN(C)[C@H]1C(=O)C(C(N)=O)=C(O)[C@]2(O)C(=O)C3=C(O)c4c(O)cccc4/C(=C\c4cccc(C(N)=O)c4)[C@@H]3[C@@H](O)[C@H]12. The van der Waals surface area contributed by atoms with Crippen molar-refractivity contribution >= 4 is 40.8 Å². The number of phenols is 1. The maximum absolute atomic E-state index is 14.2. The molecule has 0 bridgehead atoms. The second-order valence-electron chi connectivity index (χ2n) is 10.5. The van der Waals surface area contributed by atoms with E-state index in [0.717, 1.165) is 0 Å². The van der Waals surface area contributed by atoms with Gasteiger partial charge in [-0.1, -0.05) is 30.3 Å². The van der Waals surface area contributed by atoms with Crippen LogP contribution in [0.2, 0.25) is 0 Å². The average Bonchev–Trinajstić information content (AvgIpc) is 2.90. The summed E-state index contributed by atoms with van der Waals surface area (Å²) < 4.78 is 0. The van der Waals surface area contributed by atoms with Crippen LogP contribution in [0.25, 0.3) is 17.4 Å². The molecule has 1 saturated carbocycles. The number of rotatable bonds is 4. The maximum atomic E-state index is 14.2. The number of carbonyl (C=O) groups excluding carboxylic acids is 4. The number of carbonyl (C=O) groups is 4. The molecule has 0 radical (unpaired) electrons. The molecule has 2 aromatic carbocycles. The number of aliphatic hydroxyl groups excluding tert-OH is 3. The van der Waals surface area contributed by atoms with Crippen LogP contribution in [0, 0.1) is 11.8 Å². The average molecular weight is 562 g/mol. The zero-order valence-electron chi connectivity index (χ0n) is 21.9. The lowest BCUT2D eigenvalue weighted by Gasteiger charge is -2.53. The third-order valence-electron chi connectivity index (χ3n) is 8.02. The molecule has 0 unspecified atom stereocenters. The number of benzene rings is 2. The van der Waals surface area contributed by atoms with Gasteiger partial charge in [0.15, 0.2) is 11.4 Å². The van der Waals surface area contributed by atoms with E-state index in [1.165, 1.54) is 55.4 Å². The standard InChI is InChI=1S/C29H27N3O9/c1-32(2)21-20-23(35)17-14(10-11-5-3-6-12(9-11)27(30)39)13-7-4-8-15(33)16(13)22(34)18(17)25(37)29(20,41)26(38)19(24(21)36)28(31)40/h3-10,17,20-21,23,33-35,38,41H,1-2H3,(H2,30,39)(H2,31,40)/b14-10+/t17-,20-,21+,23+,29+/m0/s1. The van der Waals surface area contributed by atoms with E-state index in [2.05, 4.69) is 0 Å². The molecule has 0 aliphatic heterocycles. The third-order valence-corrected chi connectivity index (χ3v) is 8.02. The fourth-order valence-electron chi connectivity index (χ4n) is 6.27. The van der Waals surface area contributed by atoms with Gasteiger partial charge in [-0.3, -0.25) is 24.1 Å². The Balaban J connectivity index is 1.85. The van der Waals surface area contributed by atoms with Crippen molar-refractivity contribution in [1.82, 2.24) is 4.90 Å². The highest BCUT2D eigenvalue weighted by molar-refractivity contribution is 6.25.